The SMILES string of the molecule is C=CCOC(=O)c1sc(N2C(=O)C(=O)C(=C(O)c3ccc4c(c3)C[C@@H](C)O4)[C@H]2c2ccc(OCC)c(OCC)c2)nc1C. The summed E-state index contributed by atoms with van der Waals surface area (Å²) in [5.74, 6) is -1.11. The number of anilines is 1. The van der Waals surface area contributed by atoms with Crippen LogP contribution in [0.2, 0.25) is 0 Å². The van der Waals surface area contributed by atoms with E-state index in [0.717, 1.165) is 16.9 Å². The molecule has 10 nitrogen and oxygen atoms in total. The highest BCUT2D eigenvalue weighted by molar-refractivity contribution is 7.17. The van der Waals surface area contributed by atoms with E-state index in [2.05, 4.69) is 11.6 Å². The molecule has 11 heteroatoms. The molecule has 1 N–H and O–H groups in total. The number of benzene rings is 2. The van der Waals surface area contributed by atoms with Crippen LogP contribution in [0, 0.1) is 6.92 Å². The van der Waals surface area contributed by atoms with E-state index < -0.39 is 23.7 Å². The van der Waals surface area contributed by atoms with Crippen LogP contribution >= 0.6 is 11.3 Å². The number of carbonyl (C=O) groups excluding carboxylic acids is 3. The average molecular weight is 605 g/mol. The summed E-state index contributed by atoms with van der Waals surface area (Å²) in [5.41, 5.74) is 1.96. The predicted octanol–water partition coefficient (Wildman–Crippen LogP) is 5.54. The molecule has 3 heterocycles. The number of fused-ring (bicyclic) bond motifs is 1. The molecule has 5 rings (SSSR count). The third-order valence-corrected chi connectivity index (χ3v) is 8.14. The molecule has 43 heavy (non-hydrogen) atoms. The van der Waals surface area contributed by atoms with Gasteiger partial charge in [0.2, 0.25) is 0 Å². The van der Waals surface area contributed by atoms with Gasteiger partial charge < -0.3 is 24.1 Å². The highest BCUT2D eigenvalue weighted by Gasteiger charge is 2.49. The Balaban J connectivity index is 1.68. The van der Waals surface area contributed by atoms with Crippen LogP contribution < -0.4 is 19.1 Å². The number of Topliss-reactive ketones (excluding diaryl/α,β-unsaturated/α-hetero) is 1. The molecule has 2 aliphatic rings. The third-order valence-electron chi connectivity index (χ3n) is 7.01. The van der Waals surface area contributed by atoms with Crippen LogP contribution in [0.15, 0.2) is 54.6 Å². The molecule has 2 aliphatic heterocycles. The minimum absolute atomic E-state index is 0.00695. The number of carbonyl (C=O) groups is 3. The lowest BCUT2D eigenvalue weighted by atomic mass is 9.94. The second-order valence-electron chi connectivity index (χ2n) is 9.99. The first-order valence-corrected chi connectivity index (χ1v) is 14.8. The molecular formula is C32H32N2O8S. The maximum absolute atomic E-state index is 13.7. The van der Waals surface area contributed by atoms with E-state index in [9.17, 15) is 19.5 Å². The lowest BCUT2D eigenvalue weighted by molar-refractivity contribution is -0.132. The number of ether oxygens (including phenoxy) is 4. The van der Waals surface area contributed by atoms with E-state index in [1.165, 1.54) is 11.0 Å². The predicted molar refractivity (Wildman–Crippen MR) is 161 cm³/mol. The van der Waals surface area contributed by atoms with Gasteiger partial charge in [0.15, 0.2) is 16.6 Å². The molecule has 1 aromatic heterocycles. The van der Waals surface area contributed by atoms with Crippen LogP contribution in [0.3, 0.4) is 0 Å². The van der Waals surface area contributed by atoms with Crippen LogP contribution in [0.5, 0.6) is 17.2 Å². The van der Waals surface area contributed by atoms with Crippen molar-refractivity contribution in [3.63, 3.8) is 0 Å². The second-order valence-corrected chi connectivity index (χ2v) is 11.0. The van der Waals surface area contributed by atoms with Gasteiger partial charge in [-0.25, -0.2) is 9.78 Å². The number of aliphatic hydroxyl groups excluding tert-OH is 1. The number of thiazole rings is 1. The number of hydrogen-bond donors (Lipinski definition) is 1. The first kappa shape index (κ1) is 29.8. The van der Waals surface area contributed by atoms with Gasteiger partial charge in [-0.3, -0.25) is 14.5 Å². The molecule has 0 unspecified atom stereocenters. The van der Waals surface area contributed by atoms with Gasteiger partial charge in [-0.15, -0.1) is 0 Å². The lowest BCUT2D eigenvalue weighted by Crippen LogP contribution is -2.29. The number of nitrogens with zero attached hydrogens (tertiary/aromatic N) is 2. The Kier molecular flexibility index (Phi) is 8.54. The fourth-order valence-corrected chi connectivity index (χ4v) is 6.17. The Labute approximate surface area is 253 Å². The number of hydrogen-bond acceptors (Lipinski definition) is 10. The Morgan fingerprint density at radius 2 is 1.91 bits per heavy atom. The highest BCUT2D eigenvalue weighted by Crippen LogP contribution is 2.46. The zero-order valence-electron chi connectivity index (χ0n) is 24.3. The van der Waals surface area contributed by atoms with Gasteiger partial charge >= 0.3 is 11.9 Å². The summed E-state index contributed by atoms with van der Waals surface area (Å²) in [6.07, 6.45) is 2.08. The first-order valence-electron chi connectivity index (χ1n) is 13.9. The molecule has 1 saturated heterocycles. The van der Waals surface area contributed by atoms with E-state index in [1.54, 1.807) is 43.3 Å². The Morgan fingerprint density at radius 1 is 1.16 bits per heavy atom. The van der Waals surface area contributed by atoms with Gasteiger partial charge in [-0.2, -0.15) is 0 Å². The fourth-order valence-electron chi connectivity index (χ4n) is 5.18. The van der Waals surface area contributed by atoms with Crippen molar-refractivity contribution >= 4 is 39.9 Å². The van der Waals surface area contributed by atoms with E-state index in [-0.39, 0.29) is 34.1 Å². The van der Waals surface area contributed by atoms with Crippen LogP contribution in [-0.4, -0.2) is 53.7 Å². The standard InChI is InChI=1S/C32H32N2O8S/c1-6-13-41-31(38)29-18(5)33-32(43-29)34-26(19-9-12-23(39-7-2)24(16-19)40-8-3)25(28(36)30(34)37)27(35)20-10-11-22-21(15-20)14-17(4)42-22/h6,9-12,15-17,26,35H,1,7-8,13-14H2,2-5H3/t17-,26-/m1/s1. The van der Waals surface area contributed by atoms with Crippen molar-refractivity contribution < 1.29 is 38.4 Å². The van der Waals surface area contributed by atoms with Crippen LogP contribution in [0.25, 0.3) is 5.76 Å². The Hall–Kier alpha value is -4.64. The maximum atomic E-state index is 13.7. The number of aryl methyl sites for hydroxylation is 1. The van der Waals surface area contributed by atoms with Gasteiger partial charge in [0.25, 0.3) is 5.78 Å². The van der Waals surface area contributed by atoms with Gasteiger partial charge in [0.1, 0.15) is 29.1 Å². The molecule has 2 aromatic carbocycles. The number of amides is 1. The lowest BCUT2D eigenvalue weighted by Gasteiger charge is -2.24. The van der Waals surface area contributed by atoms with Crippen molar-refractivity contribution in [2.24, 2.45) is 0 Å². The number of rotatable bonds is 10. The van der Waals surface area contributed by atoms with Gasteiger partial charge in [-0.05, 0) is 69.2 Å². The zero-order valence-corrected chi connectivity index (χ0v) is 25.2. The van der Waals surface area contributed by atoms with Crippen molar-refractivity contribution in [3.05, 3.63) is 81.9 Å². The molecular weight excluding hydrogens is 572 g/mol. The van der Waals surface area contributed by atoms with E-state index >= 15 is 0 Å². The zero-order chi connectivity index (χ0) is 30.8. The Morgan fingerprint density at radius 3 is 2.63 bits per heavy atom. The monoisotopic (exact) mass is 604 g/mol. The summed E-state index contributed by atoms with van der Waals surface area (Å²) in [7, 11) is 0. The number of esters is 1. The molecule has 1 amide bonds. The van der Waals surface area contributed by atoms with Crippen molar-refractivity contribution in [2.75, 3.05) is 24.7 Å². The highest BCUT2D eigenvalue weighted by atomic mass is 32.1. The van der Waals surface area contributed by atoms with Crippen molar-refractivity contribution in [2.45, 2.75) is 46.3 Å². The smallest absolute Gasteiger partial charge is 0.350 e. The molecule has 0 spiro atoms. The van der Waals surface area contributed by atoms with Gasteiger partial charge in [0, 0.05) is 12.0 Å². The summed E-state index contributed by atoms with van der Waals surface area (Å²) in [5, 5.41) is 11.7. The molecule has 224 valence electrons. The summed E-state index contributed by atoms with van der Waals surface area (Å²) in [6.45, 7) is 11.6. The molecule has 0 radical (unpaired) electrons. The van der Waals surface area contributed by atoms with Gasteiger partial charge in [-0.1, -0.05) is 30.1 Å². The largest absolute Gasteiger partial charge is 0.507 e. The van der Waals surface area contributed by atoms with Crippen molar-refractivity contribution in [1.82, 2.24) is 4.98 Å². The molecule has 0 bridgehead atoms. The van der Waals surface area contributed by atoms with Crippen molar-refractivity contribution in [3.8, 4) is 17.2 Å². The molecule has 0 aliphatic carbocycles. The van der Waals surface area contributed by atoms with E-state index in [1.807, 2.05) is 20.8 Å². The summed E-state index contributed by atoms with van der Waals surface area (Å²) < 4.78 is 22.5. The average Bonchev–Trinajstić information content (AvgIpc) is 3.64. The minimum atomic E-state index is -1.08. The number of aliphatic hydroxyl groups is 1. The van der Waals surface area contributed by atoms with Gasteiger partial charge in [0.05, 0.1) is 30.5 Å². The number of ketones is 1. The molecule has 2 atom stereocenters. The normalized spacial score (nSPS) is 18.7. The van der Waals surface area contributed by atoms with Crippen LogP contribution in [-0.2, 0) is 20.7 Å². The van der Waals surface area contributed by atoms with E-state index in [4.69, 9.17) is 18.9 Å². The fraction of sp³-hybridized carbons (Fsp3) is 0.312. The third kappa shape index (κ3) is 5.60. The molecule has 3 aromatic rings. The minimum Gasteiger partial charge on any atom is -0.507 e. The summed E-state index contributed by atoms with van der Waals surface area (Å²) in [6, 6.07) is 9.18. The summed E-state index contributed by atoms with van der Waals surface area (Å²) >= 11 is 0.928. The quantitative estimate of drug-likeness (QED) is 0.104. The first-order chi connectivity index (χ1) is 20.7. The van der Waals surface area contributed by atoms with Crippen LogP contribution in [0.1, 0.15) is 58.9 Å². The second kappa shape index (κ2) is 12.3. The number of aromatic nitrogens is 1. The van der Waals surface area contributed by atoms with E-state index in [0.29, 0.717) is 53.7 Å². The Bertz CT molecular complexity index is 1640. The topological polar surface area (TPSA) is 124 Å². The van der Waals surface area contributed by atoms with Crippen LogP contribution in [0.4, 0.5) is 5.13 Å². The molecule has 1 fully saturated rings. The summed E-state index contributed by atoms with van der Waals surface area (Å²) in [4.78, 5) is 46.0. The maximum Gasteiger partial charge on any atom is 0.350 e. The molecule has 0 saturated carbocycles. The van der Waals surface area contributed by atoms with Crippen molar-refractivity contribution in [1.29, 1.82) is 0 Å².